The van der Waals surface area contributed by atoms with E-state index in [1.54, 1.807) is 6.07 Å². The minimum Gasteiger partial charge on any atom is -0.307 e. The topological polar surface area (TPSA) is 46.2 Å². The lowest BCUT2D eigenvalue weighted by Gasteiger charge is -2.21. The van der Waals surface area contributed by atoms with Crippen molar-refractivity contribution in [1.29, 1.82) is 0 Å². The molecular weight excluding hydrogens is 317 g/mol. The average Bonchev–Trinajstić information content (AvgIpc) is 2.68. The van der Waals surface area contributed by atoms with Crippen LogP contribution < -0.4 is 5.32 Å². The Labute approximate surface area is 130 Å². The molecule has 0 spiro atoms. The van der Waals surface area contributed by atoms with Crippen molar-refractivity contribution in [2.75, 3.05) is 12.0 Å². The Hall–Kier alpha value is -0.290. The van der Waals surface area contributed by atoms with E-state index in [2.05, 4.69) is 5.32 Å². The van der Waals surface area contributed by atoms with Crippen molar-refractivity contribution in [2.24, 2.45) is 0 Å². The van der Waals surface area contributed by atoms with E-state index >= 15 is 0 Å². The number of benzene rings is 1. The normalized spacial score (nSPS) is 19.9. The molecule has 1 aromatic rings. The zero-order valence-corrected chi connectivity index (χ0v) is 13.9. The highest BCUT2D eigenvalue weighted by molar-refractivity contribution is 7.90. The van der Waals surface area contributed by atoms with Crippen LogP contribution in [0, 0.1) is 0 Å². The number of rotatable bonds is 5. The third kappa shape index (κ3) is 4.10. The summed E-state index contributed by atoms with van der Waals surface area (Å²) in [7, 11) is -2.91. The van der Waals surface area contributed by atoms with Gasteiger partial charge in [0.2, 0.25) is 0 Å². The molecule has 1 aromatic carbocycles. The Kier molecular flexibility index (Phi) is 5.00. The van der Waals surface area contributed by atoms with Crippen LogP contribution in [0.2, 0.25) is 10.0 Å². The van der Waals surface area contributed by atoms with Crippen LogP contribution in [0.25, 0.3) is 0 Å². The summed E-state index contributed by atoms with van der Waals surface area (Å²) in [4.78, 5) is 0. The Morgan fingerprint density at radius 3 is 2.75 bits per heavy atom. The number of sulfone groups is 1. The molecule has 20 heavy (non-hydrogen) atoms. The number of nitrogens with one attached hydrogen (secondary N) is 1. The van der Waals surface area contributed by atoms with Gasteiger partial charge in [0.05, 0.1) is 5.75 Å². The molecule has 6 heteroatoms. The minimum atomic E-state index is -2.91. The van der Waals surface area contributed by atoms with Crippen molar-refractivity contribution < 1.29 is 8.42 Å². The monoisotopic (exact) mass is 335 g/mol. The first-order valence-electron chi connectivity index (χ1n) is 6.68. The van der Waals surface area contributed by atoms with Crippen molar-refractivity contribution in [3.8, 4) is 0 Å². The largest absolute Gasteiger partial charge is 0.307 e. The third-order valence-corrected chi connectivity index (χ3v) is 5.15. The van der Waals surface area contributed by atoms with Gasteiger partial charge < -0.3 is 5.32 Å². The molecule has 0 fully saturated rings. The molecule has 1 N–H and O–H groups in total. The molecule has 0 amide bonds. The van der Waals surface area contributed by atoms with Gasteiger partial charge in [0.15, 0.2) is 0 Å². The molecule has 0 aliphatic heterocycles. The number of halogens is 2. The van der Waals surface area contributed by atoms with Crippen LogP contribution in [-0.2, 0) is 16.3 Å². The summed E-state index contributed by atoms with van der Waals surface area (Å²) < 4.78 is 22.4. The molecule has 0 heterocycles. The second-order valence-corrected chi connectivity index (χ2v) is 8.64. The summed E-state index contributed by atoms with van der Waals surface area (Å²) in [5, 5.41) is 4.83. The molecule has 0 unspecified atom stereocenters. The van der Waals surface area contributed by atoms with Gasteiger partial charge in [0, 0.05) is 28.4 Å². The molecule has 0 aromatic heterocycles. The fourth-order valence-electron chi connectivity index (χ4n) is 2.66. The summed E-state index contributed by atoms with van der Waals surface area (Å²) in [6.45, 7) is 2.01. The maximum atomic E-state index is 11.2. The summed E-state index contributed by atoms with van der Waals surface area (Å²) >= 11 is 12.3. The number of hydrogen-bond donors (Lipinski definition) is 1. The van der Waals surface area contributed by atoms with Crippen LogP contribution in [0.1, 0.15) is 36.9 Å². The highest BCUT2D eigenvalue weighted by atomic mass is 35.5. The van der Waals surface area contributed by atoms with Crippen molar-refractivity contribution in [1.82, 2.24) is 5.32 Å². The maximum Gasteiger partial charge on any atom is 0.147 e. The van der Waals surface area contributed by atoms with Crippen molar-refractivity contribution >= 4 is 33.0 Å². The first kappa shape index (κ1) is 16.1. The molecule has 0 radical (unpaired) electrons. The zero-order valence-electron chi connectivity index (χ0n) is 11.6. The number of aryl methyl sites for hydroxylation is 1. The van der Waals surface area contributed by atoms with Crippen molar-refractivity contribution in [3.63, 3.8) is 0 Å². The first-order valence-corrected chi connectivity index (χ1v) is 9.49. The van der Waals surface area contributed by atoms with Crippen LogP contribution in [0.4, 0.5) is 0 Å². The SMILES string of the molecule is C[C@H](CCS(C)(=O)=O)N[C@@H]1CCc2cc(Cl)cc(Cl)c21. The molecule has 1 aliphatic carbocycles. The third-order valence-electron chi connectivity index (χ3n) is 3.64. The van der Waals surface area contributed by atoms with Gasteiger partial charge in [0.1, 0.15) is 9.84 Å². The summed E-state index contributed by atoms with van der Waals surface area (Å²) in [6.07, 6.45) is 3.80. The first-order chi connectivity index (χ1) is 9.26. The quantitative estimate of drug-likeness (QED) is 0.896. The van der Waals surface area contributed by atoms with Gasteiger partial charge in [-0.15, -0.1) is 0 Å². The fraction of sp³-hybridized carbons (Fsp3) is 0.571. The molecule has 0 saturated heterocycles. The molecule has 3 nitrogen and oxygen atoms in total. The molecule has 1 aliphatic rings. The summed E-state index contributed by atoms with van der Waals surface area (Å²) in [5.74, 6) is 0.203. The van der Waals surface area contributed by atoms with E-state index in [1.165, 1.54) is 11.8 Å². The van der Waals surface area contributed by atoms with E-state index in [-0.39, 0.29) is 17.8 Å². The highest BCUT2D eigenvalue weighted by Crippen LogP contribution is 2.38. The van der Waals surface area contributed by atoms with Gasteiger partial charge in [0.25, 0.3) is 0 Å². The Balaban J connectivity index is 2.04. The predicted molar refractivity (Wildman–Crippen MR) is 84.4 cm³/mol. The molecular formula is C14H19Cl2NO2S. The average molecular weight is 336 g/mol. The zero-order chi connectivity index (χ0) is 14.9. The number of fused-ring (bicyclic) bond motifs is 1. The smallest absolute Gasteiger partial charge is 0.147 e. The van der Waals surface area contributed by atoms with Gasteiger partial charge in [-0.1, -0.05) is 23.2 Å². The summed E-state index contributed by atoms with van der Waals surface area (Å²) in [5.41, 5.74) is 2.30. The Morgan fingerprint density at radius 1 is 1.40 bits per heavy atom. The van der Waals surface area contributed by atoms with Gasteiger partial charge in [-0.2, -0.15) is 0 Å². The fourth-order valence-corrected chi connectivity index (χ4v) is 4.11. The van der Waals surface area contributed by atoms with Crippen LogP contribution in [0.5, 0.6) is 0 Å². The second kappa shape index (κ2) is 6.22. The van der Waals surface area contributed by atoms with Crippen LogP contribution in [0.3, 0.4) is 0 Å². The standard InChI is InChI=1S/C14H19Cl2NO2S/c1-9(5-6-20(2,18)19)17-13-4-3-10-7-11(15)8-12(16)14(10)13/h7-9,13,17H,3-6H2,1-2H3/t9-,13-/m1/s1. The summed E-state index contributed by atoms with van der Waals surface area (Å²) in [6, 6.07) is 4.05. The van der Waals surface area contributed by atoms with Crippen molar-refractivity contribution in [2.45, 2.75) is 38.3 Å². The molecule has 0 saturated carbocycles. The van der Waals surface area contributed by atoms with Crippen LogP contribution >= 0.6 is 23.2 Å². The van der Waals surface area contributed by atoms with E-state index in [4.69, 9.17) is 23.2 Å². The lowest BCUT2D eigenvalue weighted by atomic mass is 10.1. The predicted octanol–water partition coefficient (Wildman–Crippen LogP) is 3.39. The van der Waals surface area contributed by atoms with Crippen molar-refractivity contribution in [3.05, 3.63) is 33.3 Å². The van der Waals surface area contributed by atoms with E-state index in [0.29, 0.717) is 16.5 Å². The van der Waals surface area contributed by atoms with E-state index < -0.39 is 9.84 Å². The van der Waals surface area contributed by atoms with Gasteiger partial charge in [-0.3, -0.25) is 0 Å². The number of hydrogen-bond acceptors (Lipinski definition) is 3. The van der Waals surface area contributed by atoms with Crippen LogP contribution in [-0.4, -0.2) is 26.5 Å². The van der Waals surface area contributed by atoms with E-state index in [1.807, 2.05) is 13.0 Å². The second-order valence-electron chi connectivity index (χ2n) is 5.54. The van der Waals surface area contributed by atoms with E-state index in [9.17, 15) is 8.42 Å². The van der Waals surface area contributed by atoms with Crippen LogP contribution in [0.15, 0.2) is 12.1 Å². The maximum absolute atomic E-state index is 11.2. The van der Waals surface area contributed by atoms with E-state index in [0.717, 1.165) is 18.4 Å². The van der Waals surface area contributed by atoms with Gasteiger partial charge in [-0.25, -0.2) is 8.42 Å². The molecule has 112 valence electrons. The van der Waals surface area contributed by atoms with Gasteiger partial charge in [-0.05, 0) is 49.4 Å². The van der Waals surface area contributed by atoms with Gasteiger partial charge >= 0.3 is 0 Å². The Morgan fingerprint density at radius 2 is 2.10 bits per heavy atom. The minimum absolute atomic E-state index is 0.132. The molecule has 2 rings (SSSR count). The Bertz CT molecular complexity index is 601. The molecule has 2 atom stereocenters. The molecule has 0 bridgehead atoms. The lowest BCUT2D eigenvalue weighted by Crippen LogP contribution is -2.31. The lowest BCUT2D eigenvalue weighted by molar-refractivity contribution is 0.444. The highest BCUT2D eigenvalue weighted by Gasteiger charge is 2.26.